The lowest BCUT2D eigenvalue weighted by molar-refractivity contribution is 0.0962. The molecule has 5 nitrogen and oxygen atoms in total. The van der Waals surface area contributed by atoms with Crippen molar-refractivity contribution in [3.63, 3.8) is 0 Å². The number of hydrogen-bond acceptors (Lipinski definition) is 6. The Morgan fingerprint density at radius 2 is 2.05 bits per heavy atom. The van der Waals surface area contributed by atoms with E-state index in [1.54, 1.807) is 0 Å². The van der Waals surface area contributed by atoms with Crippen LogP contribution in [0.1, 0.15) is 26.7 Å². The maximum atomic E-state index is 5.59. The van der Waals surface area contributed by atoms with Crippen LogP contribution in [0.3, 0.4) is 0 Å². The number of rotatable bonds is 10. The van der Waals surface area contributed by atoms with Gasteiger partial charge >= 0.3 is 0 Å². The Morgan fingerprint density at radius 1 is 1.21 bits per heavy atom. The highest BCUT2D eigenvalue weighted by Gasteiger charge is 2.04. The van der Waals surface area contributed by atoms with Gasteiger partial charge in [0.2, 0.25) is 5.88 Å². The molecule has 0 radical (unpaired) electrons. The van der Waals surface area contributed by atoms with Crippen molar-refractivity contribution < 1.29 is 9.47 Å². The van der Waals surface area contributed by atoms with Gasteiger partial charge in [-0.15, -0.1) is 0 Å². The highest BCUT2D eigenvalue weighted by molar-refractivity contribution is 7.98. The minimum atomic E-state index is 0.514. The molecule has 1 heterocycles. The quantitative estimate of drug-likeness (QED) is 0.405. The van der Waals surface area contributed by atoms with Crippen LogP contribution < -0.4 is 10.1 Å². The van der Waals surface area contributed by atoms with Crippen LogP contribution in [-0.4, -0.2) is 42.6 Å². The van der Waals surface area contributed by atoms with Crippen molar-refractivity contribution in [1.29, 1.82) is 0 Å². The van der Waals surface area contributed by atoms with Gasteiger partial charge in [0.1, 0.15) is 12.4 Å². The largest absolute Gasteiger partial charge is 0.475 e. The molecule has 1 aromatic rings. The minimum absolute atomic E-state index is 0.514. The van der Waals surface area contributed by atoms with E-state index < -0.39 is 0 Å². The van der Waals surface area contributed by atoms with Gasteiger partial charge in [-0.25, -0.2) is 4.98 Å². The van der Waals surface area contributed by atoms with Crippen molar-refractivity contribution in [2.24, 2.45) is 0 Å². The third-order valence-corrected chi connectivity index (χ3v) is 2.89. The molecule has 6 heteroatoms. The van der Waals surface area contributed by atoms with Crippen LogP contribution in [0.4, 0.5) is 5.82 Å². The van der Waals surface area contributed by atoms with Crippen molar-refractivity contribution in [3.8, 4) is 5.88 Å². The monoisotopic (exact) mass is 285 g/mol. The summed E-state index contributed by atoms with van der Waals surface area (Å²) in [5, 5.41) is 3.87. The highest BCUT2D eigenvalue weighted by atomic mass is 32.2. The molecule has 108 valence electrons. The lowest BCUT2D eigenvalue weighted by Gasteiger charge is -2.09. The third kappa shape index (κ3) is 6.63. The molecule has 0 amide bonds. The van der Waals surface area contributed by atoms with Crippen molar-refractivity contribution in [2.75, 3.05) is 37.9 Å². The fraction of sp³-hybridized carbons (Fsp3) is 0.692. The summed E-state index contributed by atoms with van der Waals surface area (Å²) in [5.41, 5.74) is 0. The van der Waals surface area contributed by atoms with E-state index >= 15 is 0 Å². The maximum absolute atomic E-state index is 5.59. The molecule has 0 aliphatic rings. The Kier molecular flexibility index (Phi) is 8.33. The lowest BCUT2D eigenvalue weighted by atomic mass is 10.4. The molecule has 0 saturated heterocycles. The van der Waals surface area contributed by atoms with Gasteiger partial charge in [-0.3, -0.25) is 0 Å². The van der Waals surface area contributed by atoms with E-state index in [0.717, 1.165) is 31.8 Å². The van der Waals surface area contributed by atoms with Crippen LogP contribution in [0.2, 0.25) is 0 Å². The zero-order chi connectivity index (χ0) is 13.9. The molecular weight excluding hydrogens is 262 g/mol. The average molecular weight is 285 g/mol. The standard InChI is InChI=1S/C13H23N3O2S/c1-4-6-7-17-8-9-18-12-10-11(14-5-2)15-13(16-12)19-3/h10H,4-9H2,1-3H3,(H,14,15,16). The second kappa shape index (κ2) is 9.86. The molecule has 0 bridgehead atoms. The molecule has 0 atom stereocenters. The first-order valence-electron chi connectivity index (χ1n) is 6.67. The second-order valence-electron chi connectivity index (χ2n) is 3.92. The van der Waals surface area contributed by atoms with Gasteiger partial charge in [-0.2, -0.15) is 4.98 Å². The Balaban J connectivity index is 2.41. The first kappa shape index (κ1) is 16.0. The maximum Gasteiger partial charge on any atom is 0.219 e. The van der Waals surface area contributed by atoms with Gasteiger partial charge in [-0.1, -0.05) is 25.1 Å². The first-order valence-corrected chi connectivity index (χ1v) is 7.90. The minimum Gasteiger partial charge on any atom is -0.475 e. The Hall–Kier alpha value is -1.01. The van der Waals surface area contributed by atoms with Gasteiger partial charge < -0.3 is 14.8 Å². The molecule has 1 aromatic heterocycles. The van der Waals surface area contributed by atoms with Crippen molar-refractivity contribution >= 4 is 17.6 Å². The summed E-state index contributed by atoms with van der Waals surface area (Å²) in [7, 11) is 0. The Labute approximate surface area is 119 Å². The van der Waals surface area contributed by atoms with E-state index in [9.17, 15) is 0 Å². The summed E-state index contributed by atoms with van der Waals surface area (Å²) in [6, 6.07) is 1.81. The number of hydrogen-bond donors (Lipinski definition) is 1. The summed E-state index contributed by atoms with van der Waals surface area (Å²) in [4.78, 5) is 8.64. The van der Waals surface area contributed by atoms with Crippen molar-refractivity contribution in [2.45, 2.75) is 31.8 Å². The summed E-state index contributed by atoms with van der Waals surface area (Å²) in [5.74, 6) is 1.39. The molecular formula is C13H23N3O2S. The molecule has 0 unspecified atom stereocenters. The molecule has 0 saturated carbocycles. The predicted octanol–water partition coefficient (Wildman–Crippen LogP) is 2.83. The fourth-order valence-electron chi connectivity index (χ4n) is 1.39. The van der Waals surface area contributed by atoms with Gasteiger partial charge in [0, 0.05) is 19.2 Å². The topological polar surface area (TPSA) is 56.3 Å². The highest BCUT2D eigenvalue weighted by Crippen LogP contribution is 2.18. The van der Waals surface area contributed by atoms with E-state index in [1.165, 1.54) is 11.8 Å². The van der Waals surface area contributed by atoms with Crippen LogP contribution in [0, 0.1) is 0 Å². The summed E-state index contributed by atoms with van der Waals surface area (Å²) < 4.78 is 11.0. The van der Waals surface area contributed by atoms with E-state index in [4.69, 9.17) is 9.47 Å². The summed E-state index contributed by atoms with van der Waals surface area (Å²) in [6.07, 6.45) is 4.19. The van der Waals surface area contributed by atoms with Crippen LogP contribution in [0.15, 0.2) is 11.2 Å². The van der Waals surface area contributed by atoms with Gasteiger partial charge in [0.05, 0.1) is 6.61 Å². The van der Waals surface area contributed by atoms with Gasteiger partial charge in [0.15, 0.2) is 5.16 Å². The molecule has 0 aromatic carbocycles. The van der Waals surface area contributed by atoms with E-state index in [0.29, 0.717) is 24.3 Å². The SMILES string of the molecule is CCCCOCCOc1cc(NCC)nc(SC)n1. The van der Waals surface area contributed by atoms with Crippen LogP contribution in [0.25, 0.3) is 0 Å². The molecule has 0 spiro atoms. The zero-order valence-electron chi connectivity index (χ0n) is 11.9. The summed E-state index contributed by atoms with van der Waals surface area (Å²) in [6.45, 7) is 6.90. The molecule has 0 aliphatic heterocycles. The van der Waals surface area contributed by atoms with Crippen LogP contribution in [-0.2, 0) is 4.74 Å². The predicted molar refractivity (Wildman–Crippen MR) is 79.2 cm³/mol. The molecule has 19 heavy (non-hydrogen) atoms. The molecule has 0 aliphatic carbocycles. The number of nitrogens with zero attached hydrogens (tertiary/aromatic N) is 2. The number of anilines is 1. The lowest BCUT2D eigenvalue weighted by Crippen LogP contribution is -2.09. The van der Waals surface area contributed by atoms with Crippen LogP contribution in [0.5, 0.6) is 5.88 Å². The average Bonchev–Trinajstić information content (AvgIpc) is 2.43. The number of unbranched alkanes of at least 4 members (excludes halogenated alkanes) is 1. The number of ether oxygens (including phenoxy) is 2. The Bertz CT molecular complexity index is 364. The zero-order valence-corrected chi connectivity index (χ0v) is 12.8. The number of nitrogens with one attached hydrogen (secondary N) is 1. The van der Waals surface area contributed by atoms with Gasteiger partial charge in [0.25, 0.3) is 0 Å². The normalized spacial score (nSPS) is 10.5. The third-order valence-electron chi connectivity index (χ3n) is 2.34. The first-order chi connectivity index (χ1) is 9.30. The van der Waals surface area contributed by atoms with Crippen molar-refractivity contribution in [3.05, 3.63) is 6.07 Å². The Morgan fingerprint density at radius 3 is 2.74 bits per heavy atom. The smallest absolute Gasteiger partial charge is 0.219 e. The summed E-state index contributed by atoms with van der Waals surface area (Å²) >= 11 is 1.50. The molecule has 0 fully saturated rings. The number of aromatic nitrogens is 2. The van der Waals surface area contributed by atoms with Gasteiger partial charge in [-0.05, 0) is 19.6 Å². The molecule has 1 N–H and O–H groups in total. The van der Waals surface area contributed by atoms with E-state index in [-0.39, 0.29) is 0 Å². The van der Waals surface area contributed by atoms with Crippen LogP contribution >= 0.6 is 11.8 Å². The second-order valence-corrected chi connectivity index (χ2v) is 4.70. The fourth-order valence-corrected chi connectivity index (χ4v) is 1.77. The van der Waals surface area contributed by atoms with E-state index in [2.05, 4.69) is 22.2 Å². The van der Waals surface area contributed by atoms with E-state index in [1.807, 2.05) is 19.2 Å². The van der Waals surface area contributed by atoms with Crippen molar-refractivity contribution in [1.82, 2.24) is 9.97 Å². The number of thioether (sulfide) groups is 1. The molecule has 1 rings (SSSR count).